The van der Waals surface area contributed by atoms with Crippen LogP contribution in [0.3, 0.4) is 0 Å². The molecule has 3 heteroatoms. The molecule has 58 valence electrons. The highest BCUT2D eigenvalue weighted by atomic mass is 15.0. The fourth-order valence-electron chi connectivity index (χ4n) is 0.572. The highest BCUT2D eigenvalue weighted by Crippen LogP contribution is 1.89. The van der Waals surface area contributed by atoms with Crippen LogP contribution >= 0.6 is 0 Å². The summed E-state index contributed by atoms with van der Waals surface area (Å²) in [7, 11) is 1.92. The molecule has 0 bridgehead atoms. The minimum absolute atomic E-state index is 0.529. The molecule has 0 aliphatic carbocycles. The zero-order chi connectivity index (χ0) is 7.98. The molecule has 1 aromatic rings. The molecule has 0 fully saturated rings. The number of rotatable bonds is 1. The van der Waals surface area contributed by atoms with Crippen molar-refractivity contribution >= 4 is 0 Å². The summed E-state index contributed by atoms with van der Waals surface area (Å²) in [6.07, 6.45) is 3.64. The number of hydrogen-bond donors (Lipinski definition) is 1. The van der Waals surface area contributed by atoms with E-state index in [4.69, 9.17) is 5.73 Å². The van der Waals surface area contributed by atoms with Crippen LogP contribution in [-0.4, -0.2) is 9.55 Å². The maximum atomic E-state index is 5.29. The van der Waals surface area contributed by atoms with Gasteiger partial charge in [0.1, 0.15) is 0 Å². The van der Waals surface area contributed by atoms with Crippen LogP contribution in [0.5, 0.6) is 0 Å². The summed E-state index contributed by atoms with van der Waals surface area (Å²) in [6.45, 7) is 4.53. The minimum atomic E-state index is 0.529. The van der Waals surface area contributed by atoms with Crippen molar-refractivity contribution in [2.45, 2.75) is 20.4 Å². The second-order valence-corrected chi connectivity index (χ2v) is 1.73. The smallest absolute Gasteiger partial charge is 0.0947 e. The molecule has 0 unspecified atom stereocenters. The SMILES string of the molecule is CC.Cn1cnc(CN)c1. The third-order valence-electron chi connectivity index (χ3n) is 0.967. The first kappa shape index (κ1) is 9.17. The molecule has 3 nitrogen and oxygen atoms in total. The zero-order valence-corrected chi connectivity index (χ0v) is 6.83. The molecular weight excluding hydrogens is 126 g/mol. The Labute approximate surface area is 61.9 Å². The predicted octanol–water partition coefficient (Wildman–Crippen LogP) is 0.905. The Bertz CT molecular complexity index is 169. The largest absolute Gasteiger partial charge is 0.340 e. The number of imidazole rings is 1. The van der Waals surface area contributed by atoms with Crippen molar-refractivity contribution in [2.24, 2.45) is 12.8 Å². The number of aryl methyl sites for hydroxylation is 1. The van der Waals surface area contributed by atoms with Crippen molar-refractivity contribution in [3.8, 4) is 0 Å². The lowest BCUT2D eigenvalue weighted by molar-refractivity contribution is 0.911. The summed E-state index contributed by atoms with van der Waals surface area (Å²) < 4.78 is 1.88. The van der Waals surface area contributed by atoms with E-state index in [1.54, 1.807) is 6.33 Å². The quantitative estimate of drug-likeness (QED) is 0.631. The highest BCUT2D eigenvalue weighted by molar-refractivity contribution is 4.94. The van der Waals surface area contributed by atoms with Gasteiger partial charge in [-0.2, -0.15) is 0 Å². The van der Waals surface area contributed by atoms with Crippen LogP contribution in [0.25, 0.3) is 0 Å². The van der Waals surface area contributed by atoms with Gasteiger partial charge in [0.2, 0.25) is 0 Å². The van der Waals surface area contributed by atoms with Crippen molar-refractivity contribution in [2.75, 3.05) is 0 Å². The molecule has 0 amide bonds. The summed E-state index contributed by atoms with van der Waals surface area (Å²) >= 11 is 0. The van der Waals surface area contributed by atoms with Crippen LogP contribution < -0.4 is 5.73 Å². The fourth-order valence-corrected chi connectivity index (χ4v) is 0.572. The van der Waals surface area contributed by atoms with Gasteiger partial charge in [0.05, 0.1) is 12.0 Å². The Balaban J connectivity index is 0.000000371. The zero-order valence-electron chi connectivity index (χ0n) is 6.83. The maximum Gasteiger partial charge on any atom is 0.0947 e. The monoisotopic (exact) mass is 141 g/mol. The molecular formula is C7H15N3. The number of nitrogens with two attached hydrogens (primary N) is 1. The Hall–Kier alpha value is -0.830. The molecule has 0 spiro atoms. The first-order valence-corrected chi connectivity index (χ1v) is 3.50. The molecule has 0 saturated heterocycles. The van der Waals surface area contributed by atoms with Gasteiger partial charge in [-0.15, -0.1) is 0 Å². The van der Waals surface area contributed by atoms with E-state index < -0.39 is 0 Å². The fraction of sp³-hybridized carbons (Fsp3) is 0.571. The molecule has 2 N–H and O–H groups in total. The number of nitrogens with zero attached hydrogens (tertiary/aromatic N) is 2. The van der Waals surface area contributed by atoms with E-state index in [9.17, 15) is 0 Å². The van der Waals surface area contributed by atoms with Gasteiger partial charge in [-0.1, -0.05) is 13.8 Å². The Morgan fingerprint density at radius 3 is 2.40 bits per heavy atom. The Kier molecular flexibility index (Phi) is 4.58. The van der Waals surface area contributed by atoms with E-state index in [2.05, 4.69) is 4.98 Å². The van der Waals surface area contributed by atoms with Crippen LogP contribution in [0.4, 0.5) is 0 Å². The number of hydrogen-bond acceptors (Lipinski definition) is 2. The van der Waals surface area contributed by atoms with Crippen LogP contribution in [0.15, 0.2) is 12.5 Å². The molecule has 1 aromatic heterocycles. The van der Waals surface area contributed by atoms with Crippen LogP contribution in [0.2, 0.25) is 0 Å². The lowest BCUT2D eigenvalue weighted by atomic mass is 10.5. The van der Waals surface area contributed by atoms with Crippen LogP contribution in [-0.2, 0) is 13.6 Å². The van der Waals surface area contributed by atoms with Gasteiger partial charge >= 0.3 is 0 Å². The van der Waals surface area contributed by atoms with Crippen molar-refractivity contribution in [1.82, 2.24) is 9.55 Å². The van der Waals surface area contributed by atoms with Gasteiger partial charge in [-0.3, -0.25) is 0 Å². The average Bonchev–Trinajstić information content (AvgIpc) is 2.40. The van der Waals surface area contributed by atoms with E-state index in [1.807, 2.05) is 31.7 Å². The molecule has 10 heavy (non-hydrogen) atoms. The first-order valence-electron chi connectivity index (χ1n) is 3.50. The summed E-state index contributed by atoms with van der Waals surface area (Å²) in [4.78, 5) is 3.97. The van der Waals surface area contributed by atoms with E-state index in [0.717, 1.165) is 5.69 Å². The van der Waals surface area contributed by atoms with Crippen molar-refractivity contribution in [1.29, 1.82) is 0 Å². The van der Waals surface area contributed by atoms with Gasteiger partial charge in [0, 0.05) is 19.8 Å². The van der Waals surface area contributed by atoms with Gasteiger partial charge in [0.25, 0.3) is 0 Å². The molecule has 0 aliphatic heterocycles. The predicted molar refractivity (Wildman–Crippen MR) is 42.4 cm³/mol. The minimum Gasteiger partial charge on any atom is -0.340 e. The third kappa shape index (κ3) is 2.64. The standard InChI is InChI=1S/C5H9N3.C2H6/c1-8-3-5(2-6)7-4-8;1-2/h3-4H,2,6H2,1H3;1-2H3. The molecule has 0 radical (unpaired) electrons. The lowest BCUT2D eigenvalue weighted by Gasteiger charge is -1.82. The normalized spacial score (nSPS) is 8.40. The van der Waals surface area contributed by atoms with E-state index >= 15 is 0 Å². The second kappa shape index (κ2) is 4.99. The first-order chi connectivity index (χ1) is 4.83. The summed E-state index contributed by atoms with van der Waals surface area (Å²) in [5, 5.41) is 0. The van der Waals surface area contributed by atoms with E-state index in [1.165, 1.54) is 0 Å². The summed E-state index contributed by atoms with van der Waals surface area (Å²) in [5.41, 5.74) is 6.22. The molecule has 0 aromatic carbocycles. The molecule has 0 atom stereocenters. The van der Waals surface area contributed by atoms with Gasteiger partial charge in [-0.25, -0.2) is 4.98 Å². The molecule has 1 heterocycles. The van der Waals surface area contributed by atoms with Crippen molar-refractivity contribution < 1.29 is 0 Å². The lowest BCUT2D eigenvalue weighted by Crippen LogP contribution is -1.95. The van der Waals surface area contributed by atoms with Crippen molar-refractivity contribution in [3.05, 3.63) is 18.2 Å². The molecule has 0 saturated carbocycles. The van der Waals surface area contributed by atoms with Crippen molar-refractivity contribution in [3.63, 3.8) is 0 Å². The highest BCUT2D eigenvalue weighted by Gasteiger charge is 1.88. The summed E-state index contributed by atoms with van der Waals surface area (Å²) in [5.74, 6) is 0. The maximum absolute atomic E-state index is 5.29. The van der Waals surface area contributed by atoms with Crippen LogP contribution in [0.1, 0.15) is 19.5 Å². The molecule has 0 aliphatic rings. The topological polar surface area (TPSA) is 43.8 Å². The van der Waals surface area contributed by atoms with Gasteiger partial charge < -0.3 is 10.3 Å². The van der Waals surface area contributed by atoms with E-state index in [-0.39, 0.29) is 0 Å². The summed E-state index contributed by atoms with van der Waals surface area (Å²) in [6, 6.07) is 0. The second-order valence-electron chi connectivity index (χ2n) is 1.73. The van der Waals surface area contributed by atoms with Crippen LogP contribution in [0, 0.1) is 0 Å². The van der Waals surface area contributed by atoms with Gasteiger partial charge in [0.15, 0.2) is 0 Å². The Morgan fingerprint density at radius 1 is 1.60 bits per heavy atom. The number of aromatic nitrogens is 2. The molecule has 1 rings (SSSR count). The van der Waals surface area contributed by atoms with E-state index in [0.29, 0.717) is 6.54 Å². The third-order valence-corrected chi connectivity index (χ3v) is 0.967. The van der Waals surface area contributed by atoms with Gasteiger partial charge in [-0.05, 0) is 0 Å². The Morgan fingerprint density at radius 2 is 2.20 bits per heavy atom. The average molecular weight is 141 g/mol.